The predicted molar refractivity (Wildman–Crippen MR) is 125 cm³/mol. The fourth-order valence-electron chi connectivity index (χ4n) is 3.81. The highest BCUT2D eigenvalue weighted by Gasteiger charge is 2.31. The monoisotopic (exact) mass is 467 g/mol. The van der Waals surface area contributed by atoms with Gasteiger partial charge in [-0.05, 0) is 28.7 Å². The summed E-state index contributed by atoms with van der Waals surface area (Å²) in [4.78, 5) is 14.8. The first-order valence-corrected chi connectivity index (χ1v) is 12.4. The van der Waals surface area contributed by atoms with Crippen molar-refractivity contribution in [3.63, 3.8) is 0 Å². The molecule has 0 radical (unpaired) electrons. The summed E-state index contributed by atoms with van der Waals surface area (Å²) in [6, 6.07) is 16.9. The summed E-state index contributed by atoms with van der Waals surface area (Å²) in [6.45, 7) is 7.90. The lowest BCUT2D eigenvalue weighted by Crippen LogP contribution is -2.50. The lowest BCUT2D eigenvalue weighted by molar-refractivity contribution is 0.0692. The van der Waals surface area contributed by atoms with E-state index in [1.54, 1.807) is 27.9 Å². The maximum atomic E-state index is 13.1. The number of piperazine rings is 1. The first-order valence-electron chi connectivity index (χ1n) is 11.0. The molecule has 4 rings (SSSR count). The van der Waals surface area contributed by atoms with E-state index >= 15 is 0 Å². The van der Waals surface area contributed by atoms with Crippen molar-refractivity contribution in [2.24, 2.45) is 0 Å². The molecule has 1 aliphatic rings. The van der Waals surface area contributed by atoms with Gasteiger partial charge < -0.3 is 4.90 Å². The Balaban J connectivity index is 1.38. The van der Waals surface area contributed by atoms with Crippen LogP contribution in [0.5, 0.6) is 0 Å². The van der Waals surface area contributed by atoms with E-state index in [9.17, 15) is 13.2 Å². The van der Waals surface area contributed by atoms with Crippen LogP contribution >= 0.6 is 0 Å². The predicted octanol–water partition coefficient (Wildman–Crippen LogP) is 2.77. The van der Waals surface area contributed by atoms with Gasteiger partial charge in [-0.25, -0.2) is 13.1 Å². The number of amides is 1. The van der Waals surface area contributed by atoms with Crippen LogP contribution in [-0.2, 0) is 22.0 Å². The molecule has 1 amide bonds. The van der Waals surface area contributed by atoms with E-state index in [1.165, 1.54) is 4.31 Å². The highest BCUT2D eigenvalue weighted by molar-refractivity contribution is 7.89. The van der Waals surface area contributed by atoms with E-state index in [4.69, 9.17) is 0 Å². The van der Waals surface area contributed by atoms with Crippen molar-refractivity contribution in [1.82, 2.24) is 24.2 Å². The first-order chi connectivity index (χ1) is 15.6. The van der Waals surface area contributed by atoms with Crippen molar-refractivity contribution < 1.29 is 13.2 Å². The van der Waals surface area contributed by atoms with Crippen molar-refractivity contribution in [3.05, 3.63) is 77.6 Å². The number of carbonyl (C=O) groups is 1. The topological polar surface area (TPSA) is 88.4 Å². The number of benzene rings is 2. The van der Waals surface area contributed by atoms with Crippen LogP contribution in [0.1, 0.15) is 42.4 Å². The molecule has 33 heavy (non-hydrogen) atoms. The molecule has 0 bridgehead atoms. The Labute approximate surface area is 194 Å². The van der Waals surface area contributed by atoms with Gasteiger partial charge in [0.15, 0.2) is 5.69 Å². The third-order valence-corrected chi connectivity index (χ3v) is 7.74. The fourth-order valence-corrected chi connectivity index (χ4v) is 5.24. The van der Waals surface area contributed by atoms with Gasteiger partial charge in [-0.1, -0.05) is 68.4 Å². The second-order valence-corrected chi connectivity index (χ2v) is 11.2. The Kier molecular flexibility index (Phi) is 6.36. The molecule has 1 aromatic heterocycles. The largest absolute Gasteiger partial charge is 0.335 e. The molecule has 2 heterocycles. The summed E-state index contributed by atoms with van der Waals surface area (Å²) in [6.07, 6.45) is 1.63. The summed E-state index contributed by atoms with van der Waals surface area (Å²) in [5.41, 5.74) is 2.37. The van der Waals surface area contributed by atoms with Crippen molar-refractivity contribution in [3.8, 4) is 0 Å². The Morgan fingerprint density at radius 2 is 1.58 bits per heavy atom. The van der Waals surface area contributed by atoms with Gasteiger partial charge in [0.2, 0.25) is 10.0 Å². The van der Waals surface area contributed by atoms with E-state index in [-0.39, 0.29) is 35.0 Å². The molecule has 2 aromatic carbocycles. The van der Waals surface area contributed by atoms with Crippen molar-refractivity contribution in [2.45, 2.75) is 37.6 Å². The van der Waals surface area contributed by atoms with Gasteiger partial charge in [-0.15, -0.1) is 5.10 Å². The molecule has 0 atom stereocenters. The van der Waals surface area contributed by atoms with Gasteiger partial charge in [0.25, 0.3) is 5.91 Å². The average molecular weight is 468 g/mol. The van der Waals surface area contributed by atoms with E-state index in [1.807, 2.05) is 42.5 Å². The van der Waals surface area contributed by atoms with Crippen LogP contribution < -0.4 is 0 Å². The molecular weight excluding hydrogens is 438 g/mol. The number of nitrogens with zero attached hydrogens (tertiary/aromatic N) is 5. The SMILES string of the molecule is CC(C)(C)c1ccc(S(=O)(=O)N2CCN(C(=O)c3cn(Cc4ccccc4)nn3)CC2)cc1. The van der Waals surface area contributed by atoms with Crippen LogP contribution in [-0.4, -0.2) is 64.7 Å². The zero-order chi connectivity index (χ0) is 23.6. The van der Waals surface area contributed by atoms with Gasteiger partial charge in [0, 0.05) is 26.2 Å². The normalized spacial score (nSPS) is 15.5. The first kappa shape index (κ1) is 23.1. The lowest BCUT2D eigenvalue weighted by Gasteiger charge is -2.33. The van der Waals surface area contributed by atoms with Gasteiger partial charge in [0.1, 0.15) is 0 Å². The summed E-state index contributed by atoms with van der Waals surface area (Å²) in [5, 5.41) is 8.08. The van der Waals surface area contributed by atoms with E-state index < -0.39 is 10.0 Å². The summed E-state index contributed by atoms with van der Waals surface area (Å²) >= 11 is 0. The Morgan fingerprint density at radius 3 is 2.18 bits per heavy atom. The molecule has 0 unspecified atom stereocenters. The molecule has 1 saturated heterocycles. The number of rotatable bonds is 5. The Bertz CT molecular complexity index is 1210. The van der Waals surface area contributed by atoms with Crippen molar-refractivity contribution in [1.29, 1.82) is 0 Å². The molecular formula is C24H29N5O3S. The number of hydrogen-bond acceptors (Lipinski definition) is 5. The summed E-state index contributed by atoms with van der Waals surface area (Å²) < 4.78 is 29.2. The van der Waals surface area contributed by atoms with Crippen LogP contribution in [0.3, 0.4) is 0 Å². The molecule has 0 spiro atoms. The fraction of sp³-hybridized carbons (Fsp3) is 0.375. The highest BCUT2D eigenvalue weighted by atomic mass is 32.2. The molecule has 3 aromatic rings. The van der Waals surface area contributed by atoms with Crippen molar-refractivity contribution >= 4 is 15.9 Å². The zero-order valence-corrected chi connectivity index (χ0v) is 20.0. The average Bonchev–Trinajstić information content (AvgIpc) is 3.27. The van der Waals surface area contributed by atoms with Crippen LogP contribution in [0.2, 0.25) is 0 Å². The molecule has 0 N–H and O–H groups in total. The minimum Gasteiger partial charge on any atom is -0.335 e. The standard InChI is InChI=1S/C24H29N5O3S/c1-24(2,3)20-9-11-21(12-10-20)33(31,32)29-15-13-27(14-16-29)23(30)22-18-28(26-25-22)17-19-7-5-4-6-8-19/h4-12,18H,13-17H2,1-3H3. The number of sulfonamides is 1. The highest BCUT2D eigenvalue weighted by Crippen LogP contribution is 2.25. The molecule has 8 nitrogen and oxygen atoms in total. The number of carbonyl (C=O) groups excluding carboxylic acids is 1. The minimum atomic E-state index is -3.61. The number of hydrogen-bond donors (Lipinski definition) is 0. The quantitative estimate of drug-likeness (QED) is 0.576. The maximum absolute atomic E-state index is 13.1. The number of aromatic nitrogens is 3. The molecule has 174 valence electrons. The van der Waals surface area contributed by atoms with Gasteiger partial charge >= 0.3 is 0 Å². The van der Waals surface area contributed by atoms with E-state index in [0.29, 0.717) is 19.6 Å². The summed E-state index contributed by atoms with van der Waals surface area (Å²) in [7, 11) is -3.61. The maximum Gasteiger partial charge on any atom is 0.276 e. The zero-order valence-electron chi connectivity index (χ0n) is 19.2. The molecule has 0 aliphatic carbocycles. The van der Waals surface area contributed by atoms with Crippen molar-refractivity contribution in [2.75, 3.05) is 26.2 Å². The van der Waals surface area contributed by atoms with Gasteiger partial charge in [-0.3, -0.25) is 4.79 Å². The van der Waals surface area contributed by atoms with Gasteiger partial charge in [-0.2, -0.15) is 4.31 Å². The van der Waals surface area contributed by atoms with Gasteiger partial charge in [0.05, 0.1) is 17.6 Å². The summed E-state index contributed by atoms with van der Waals surface area (Å²) in [5.74, 6) is -0.235. The molecule has 9 heteroatoms. The molecule has 0 saturated carbocycles. The van der Waals surface area contributed by atoms with Crippen LogP contribution in [0.15, 0.2) is 65.7 Å². The van der Waals surface area contributed by atoms with E-state index in [2.05, 4.69) is 31.1 Å². The lowest BCUT2D eigenvalue weighted by atomic mass is 9.87. The smallest absolute Gasteiger partial charge is 0.276 e. The third kappa shape index (κ3) is 5.15. The van der Waals surface area contributed by atoms with E-state index in [0.717, 1.165) is 11.1 Å². The van der Waals surface area contributed by atoms with Crippen LogP contribution in [0.25, 0.3) is 0 Å². The molecule has 1 fully saturated rings. The molecule has 1 aliphatic heterocycles. The van der Waals surface area contributed by atoms with Crippen LogP contribution in [0, 0.1) is 0 Å². The van der Waals surface area contributed by atoms with Crippen LogP contribution in [0.4, 0.5) is 0 Å². The third-order valence-electron chi connectivity index (χ3n) is 5.83. The Hall–Kier alpha value is -3.04. The second-order valence-electron chi connectivity index (χ2n) is 9.26. The Morgan fingerprint density at radius 1 is 0.939 bits per heavy atom. The minimum absolute atomic E-state index is 0.0444. The second kappa shape index (κ2) is 9.07.